The van der Waals surface area contributed by atoms with Gasteiger partial charge in [-0.2, -0.15) is 0 Å². The molecule has 0 amide bonds. The molecule has 0 unspecified atom stereocenters. The van der Waals surface area contributed by atoms with E-state index in [1.165, 1.54) is 90.9 Å². The molecule has 1 aliphatic carbocycles. The summed E-state index contributed by atoms with van der Waals surface area (Å²) in [6.45, 7) is 10.5. The van der Waals surface area contributed by atoms with Crippen LogP contribution in [0.25, 0.3) is 0 Å². The first-order chi connectivity index (χ1) is 12.1. The third kappa shape index (κ3) is 4.58. The second kappa shape index (κ2) is 7.84. The van der Waals surface area contributed by atoms with Gasteiger partial charge >= 0.3 is 0 Å². The fourth-order valence-corrected chi connectivity index (χ4v) is 5.73. The van der Waals surface area contributed by atoms with Crippen molar-refractivity contribution in [2.75, 3.05) is 59.4 Å². The van der Waals surface area contributed by atoms with Gasteiger partial charge in [0.1, 0.15) is 0 Å². The van der Waals surface area contributed by atoms with Crippen LogP contribution < -0.4 is 0 Å². The number of piperidine rings is 3. The summed E-state index contributed by atoms with van der Waals surface area (Å²) in [4.78, 5) is 7.96. The molecule has 25 heavy (non-hydrogen) atoms. The highest BCUT2D eigenvalue weighted by Gasteiger charge is 2.37. The van der Waals surface area contributed by atoms with Crippen molar-refractivity contribution in [1.82, 2.24) is 14.7 Å². The molecule has 3 aliphatic heterocycles. The maximum absolute atomic E-state index is 9.45. The lowest BCUT2D eigenvalue weighted by Crippen LogP contribution is -2.48. The van der Waals surface area contributed by atoms with Crippen molar-refractivity contribution in [3.8, 4) is 0 Å². The van der Waals surface area contributed by atoms with E-state index in [-0.39, 0.29) is 6.10 Å². The summed E-state index contributed by atoms with van der Waals surface area (Å²) in [7, 11) is 2.28. The van der Waals surface area contributed by atoms with E-state index in [1.54, 1.807) is 0 Å². The Kier molecular flexibility index (Phi) is 5.71. The molecule has 0 atom stereocenters. The molecule has 1 spiro atoms. The van der Waals surface area contributed by atoms with Gasteiger partial charge < -0.3 is 19.8 Å². The van der Waals surface area contributed by atoms with Crippen molar-refractivity contribution >= 4 is 0 Å². The molecule has 0 aromatic rings. The summed E-state index contributed by atoms with van der Waals surface area (Å²) >= 11 is 0. The van der Waals surface area contributed by atoms with Crippen molar-refractivity contribution < 1.29 is 5.11 Å². The topological polar surface area (TPSA) is 30.0 Å². The highest BCUT2D eigenvalue weighted by atomic mass is 16.3. The summed E-state index contributed by atoms with van der Waals surface area (Å²) in [6, 6.07) is 0. The van der Waals surface area contributed by atoms with Crippen LogP contribution in [0.15, 0.2) is 0 Å². The van der Waals surface area contributed by atoms with Gasteiger partial charge in [0.05, 0.1) is 6.10 Å². The molecule has 1 saturated carbocycles. The minimum Gasteiger partial charge on any atom is -0.393 e. The number of nitrogens with zero attached hydrogens (tertiary/aromatic N) is 3. The molecular weight excluding hydrogens is 310 g/mol. The van der Waals surface area contributed by atoms with Gasteiger partial charge in [-0.1, -0.05) is 0 Å². The molecule has 3 saturated heterocycles. The zero-order chi connectivity index (χ0) is 17.3. The van der Waals surface area contributed by atoms with E-state index in [4.69, 9.17) is 0 Å². The van der Waals surface area contributed by atoms with Gasteiger partial charge in [-0.15, -0.1) is 0 Å². The van der Waals surface area contributed by atoms with Crippen molar-refractivity contribution in [3.63, 3.8) is 0 Å². The summed E-state index contributed by atoms with van der Waals surface area (Å²) in [5.74, 6) is 1.70. The first kappa shape index (κ1) is 18.2. The summed E-state index contributed by atoms with van der Waals surface area (Å²) in [5, 5.41) is 9.45. The number of rotatable bonds is 4. The van der Waals surface area contributed by atoms with Crippen molar-refractivity contribution in [2.24, 2.45) is 17.3 Å². The first-order valence-electron chi connectivity index (χ1n) is 10.9. The maximum Gasteiger partial charge on any atom is 0.0546 e. The third-order valence-electron chi connectivity index (χ3n) is 7.92. The van der Waals surface area contributed by atoms with Gasteiger partial charge in [-0.05, 0) is 115 Å². The first-order valence-corrected chi connectivity index (χ1v) is 10.9. The number of aliphatic hydroxyl groups excluding tert-OH is 1. The largest absolute Gasteiger partial charge is 0.393 e. The van der Waals surface area contributed by atoms with Gasteiger partial charge in [0.15, 0.2) is 0 Å². The molecule has 4 rings (SSSR count). The molecule has 3 heterocycles. The van der Waals surface area contributed by atoms with Crippen LogP contribution in [0.1, 0.15) is 51.4 Å². The smallest absolute Gasteiger partial charge is 0.0546 e. The van der Waals surface area contributed by atoms with Crippen LogP contribution in [0, 0.1) is 17.3 Å². The number of hydrogen-bond acceptors (Lipinski definition) is 4. The fourth-order valence-electron chi connectivity index (χ4n) is 5.73. The monoisotopic (exact) mass is 349 g/mol. The predicted molar refractivity (Wildman–Crippen MR) is 103 cm³/mol. The predicted octanol–water partition coefficient (Wildman–Crippen LogP) is 2.28. The van der Waals surface area contributed by atoms with Crippen LogP contribution in [0.3, 0.4) is 0 Å². The number of hydrogen-bond donors (Lipinski definition) is 1. The van der Waals surface area contributed by atoms with E-state index in [9.17, 15) is 5.11 Å². The standard InChI is InChI=1S/C21H39N3O/c1-22-10-4-21(5-11-22)6-12-24(13-7-21)16-18-2-8-23(9-3-18)17-19-14-20(25)15-19/h18-20,25H,2-17H2,1H3. The molecular formula is C21H39N3O. The van der Waals surface area contributed by atoms with Crippen LogP contribution in [-0.2, 0) is 0 Å². The van der Waals surface area contributed by atoms with E-state index in [0.717, 1.165) is 24.7 Å². The lowest BCUT2D eigenvalue weighted by molar-refractivity contribution is 0.0125. The highest BCUT2D eigenvalue weighted by molar-refractivity contribution is 4.91. The van der Waals surface area contributed by atoms with Gasteiger partial charge in [-0.25, -0.2) is 0 Å². The Bertz CT molecular complexity index is 411. The Morgan fingerprint density at radius 3 is 1.88 bits per heavy atom. The lowest BCUT2D eigenvalue weighted by Gasteiger charge is -2.47. The molecule has 4 nitrogen and oxygen atoms in total. The van der Waals surface area contributed by atoms with Crippen molar-refractivity contribution in [1.29, 1.82) is 0 Å². The quantitative estimate of drug-likeness (QED) is 0.843. The van der Waals surface area contributed by atoms with E-state index in [2.05, 4.69) is 21.7 Å². The zero-order valence-corrected chi connectivity index (χ0v) is 16.3. The third-order valence-corrected chi connectivity index (χ3v) is 7.92. The fraction of sp³-hybridized carbons (Fsp3) is 1.00. The Labute approximate surface area is 154 Å². The second-order valence-electron chi connectivity index (χ2n) is 9.84. The second-order valence-corrected chi connectivity index (χ2v) is 9.84. The Hall–Kier alpha value is -0.160. The Balaban J connectivity index is 1.14. The highest BCUT2D eigenvalue weighted by Crippen LogP contribution is 2.41. The summed E-state index contributed by atoms with van der Waals surface area (Å²) in [6.07, 6.45) is 10.7. The molecule has 0 bridgehead atoms. The Morgan fingerprint density at radius 1 is 0.760 bits per heavy atom. The van der Waals surface area contributed by atoms with Gasteiger partial charge in [0.25, 0.3) is 0 Å². The van der Waals surface area contributed by atoms with E-state index < -0.39 is 0 Å². The molecule has 0 radical (unpaired) electrons. The van der Waals surface area contributed by atoms with Gasteiger partial charge in [0.2, 0.25) is 0 Å². The SMILES string of the molecule is CN1CCC2(CC1)CCN(CC1CCN(CC3CC(O)C3)CC1)CC2. The molecule has 144 valence electrons. The maximum atomic E-state index is 9.45. The van der Waals surface area contributed by atoms with Crippen LogP contribution in [0.5, 0.6) is 0 Å². The van der Waals surface area contributed by atoms with Crippen LogP contribution in [0.2, 0.25) is 0 Å². The lowest BCUT2D eigenvalue weighted by atomic mass is 9.71. The van der Waals surface area contributed by atoms with Crippen LogP contribution >= 0.6 is 0 Å². The van der Waals surface area contributed by atoms with E-state index in [0.29, 0.717) is 5.41 Å². The van der Waals surface area contributed by atoms with E-state index >= 15 is 0 Å². The number of likely N-dealkylation sites (tertiary alicyclic amines) is 3. The molecule has 4 heteroatoms. The minimum absolute atomic E-state index is 0.00879. The molecule has 4 aliphatic rings. The van der Waals surface area contributed by atoms with E-state index in [1.807, 2.05) is 0 Å². The normalized spacial score (nSPS) is 35.8. The minimum atomic E-state index is 0.00879. The van der Waals surface area contributed by atoms with Crippen molar-refractivity contribution in [3.05, 3.63) is 0 Å². The van der Waals surface area contributed by atoms with Gasteiger partial charge in [0, 0.05) is 13.1 Å². The van der Waals surface area contributed by atoms with Gasteiger partial charge in [-0.3, -0.25) is 0 Å². The average molecular weight is 350 g/mol. The van der Waals surface area contributed by atoms with Crippen LogP contribution in [-0.4, -0.2) is 85.3 Å². The Morgan fingerprint density at radius 2 is 1.28 bits per heavy atom. The average Bonchev–Trinajstić information content (AvgIpc) is 2.60. The molecule has 0 aromatic carbocycles. The molecule has 1 N–H and O–H groups in total. The van der Waals surface area contributed by atoms with Crippen LogP contribution in [0.4, 0.5) is 0 Å². The summed E-state index contributed by atoms with van der Waals surface area (Å²) < 4.78 is 0. The van der Waals surface area contributed by atoms with Crippen molar-refractivity contribution in [2.45, 2.75) is 57.5 Å². The summed E-state index contributed by atoms with van der Waals surface area (Å²) in [5.41, 5.74) is 0.694. The molecule has 4 fully saturated rings. The number of aliphatic hydroxyl groups is 1. The molecule has 0 aromatic heterocycles. The zero-order valence-electron chi connectivity index (χ0n) is 16.3.